The van der Waals surface area contributed by atoms with Crippen molar-refractivity contribution < 1.29 is 4.74 Å². The van der Waals surface area contributed by atoms with Crippen LogP contribution in [-0.4, -0.2) is 18.8 Å². The van der Waals surface area contributed by atoms with Gasteiger partial charge in [0.05, 0.1) is 6.10 Å². The van der Waals surface area contributed by atoms with Crippen LogP contribution >= 0.6 is 0 Å². The zero-order chi connectivity index (χ0) is 14.5. The highest BCUT2D eigenvalue weighted by molar-refractivity contribution is 5.37. The van der Waals surface area contributed by atoms with E-state index in [1.807, 2.05) is 0 Å². The standard InChI is InChI=1S/C18H29NO/c1-13-10-14(2)18(15(3)11-13)12-16(19)7-8-17-6-4-5-9-20-17/h10-11,16-17H,4-9,12,19H2,1-3H3. The van der Waals surface area contributed by atoms with E-state index in [9.17, 15) is 0 Å². The Kier molecular flexibility index (Phi) is 5.62. The van der Waals surface area contributed by atoms with Gasteiger partial charge < -0.3 is 10.5 Å². The maximum Gasteiger partial charge on any atom is 0.0575 e. The molecule has 2 unspecified atom stereocenters. The van der Waals surface area contributed by atoms with Gasteiger partial charge >= 0.3 is 0 Å². The maximum atomic E-state index is 6.34. The zero-order valence-electron chi connectivity index (χ0n) is 13.2. The number of benzene rings is 1. The van der Waals surface area contributed by atoms with Crippen LogP contribution in [0.15, 0.2) is 12.1 Å². The highest BCUT2D eigenvalue weighted by Gasteiger charge is 2.16. The van der Waals surface area contributed by atoms with Crippen LogP contribution in [0.4, 0.5) is 0 Å². The molecule has 2 rings (SSSR count). The Morgan fingerprint density at radius 3 is 2.50 bits per heavy atom. The number of hydrogen-bond donors (Lipinski definition) is 1. The molecule has 1 heterocycles. The van der Waals surface area contributed by atoms with E-state index in [1.54, 1.807) is 0 Å². The minimum Gasteiger partial charge on any atom is -0.378 e. The second-order valence-electron chi connectivity index (χ2n) is 6.41. The van der Waals surface area contributed by atoms with Crippen LogP contribution in [0.5, 0.6) is 0 Å². The molecule has 1 aliphatic rings. The first kappa shape index (κ1) is 15.5. The van der Waals surface area contributed by atoms with Crippen LogP contribution in [0.2, 0.25) is 0 Å². The fourth-order valence-corrected chi connectivity index (χ4v) is 3.33. The van der Waals surface area contributed by atoms with E-state index in [0.717, 1.165) is 25.9 Å². The minimum absolute atomic E-state index is 0.251. The molecule has 2 atom stereocenters. The molecule has 2 nitrogen and oxygen atoms in total. The molecule has 0 radical (unpaired) electrons. The third-order valence-corrected chi connectivity index (χ3v) is 4.44. The van der Waals surface area contributed by atoms with Gasteiger partial charge in [-0.2, -0.15) is 0 Å². The Bertz CT molecular complexity index is 412. The molecule has 1 aliphatic heterocycles. The van der Waals surface area contributed by atoms with E-state index in [-0.39, 0.29) is 6.04 Å². The van der Waals surface area contributed by atoms with Crippen LogP contribution in [-0.2, 0) is 11.2 Å². The molecule has 0 aliphatic carbocycles. The molecule has 112 valence electrons. The van der Waals surface area contributed by atoms with Gasteiger partial charge in [0.2, 0.25) is 0 Å². The fraction of sp³-hybridized carbons (Fsp3) is 0.667. The first-order valence-electron chi connectivity index (χ1n) is 8.00. The van der Waals surface area contributed by atoms with Crippen LogP contribution in [0.1, 0.15) is 54.4 Å². The van der Waals surface area contributed by atoms with Crippen molar-refractivity contribution in [1.29, 1.82) is 0 Å². The third kappa shape index (κ3) is 4.32. The van der Waals surface area contributed by atoms with E-state index < -0.39 is 0 Å². The van der Waals surface area contributed by atoms with Gasteiger partial charge in [0, 0.05) is 12.6 Å². The summed E-state index contributed by atoms with van der Waals surface area (Å²) >= 11 is 0. The first-order chi connectivity index (χ1) is 9.56. The van der Waals surface area contributed by atoms with E-state index in [0.29, 0.717) is 6.10 Å². The van der Waals surface area contributed by atoms with Crippen molar-refractivity contribution in [2.75, 3.05) is 6.61 Å². The zero-order valence-corrected chi connectivity index (χ0v) is 13.2. The Labute approximate surface area is 123 Å². The number of rotatable bonds is 5. The highest BCUT2D eigenvalue weighted by Crippen LogP contribution is 2.21. The molecular weight excluding hydrogens is 246 g/mol. The Hall–Kier alpha value is -0.860. The predicted octanol–water partition coefficient (Wildman–Crippen LogP) is 3.83. The lowest BCUT2D eigenvalue weighted by Crippen LogP contribution is -2.27. The van der Waals surface area contributed by atoms with Gasteiger partial charge in [-0.05, 0) is 76.0 Å². The summed E-state index contributed by atoms with van der Waals surface area (Å²) in [6.45, 7) is 7.50. The molecule has 0 bridgehead atoms. The summed E-state index contributed by atoms with van der Waals surface area (Å²) in [5.41, 5.74) is 11.9. The molecular formula is C18H29NO. The van der Waals surface area contributed by atoms with E-state index in [4.69, 9.17) is 10.5 Å². The van der Waals surface area contributed by atoms with Crippen molar-refractivity contribution in [3.05, 3.63) is 34.4 Å². The van der Waals surface area contributed by atoms with Crippen molar-refractivity contribution in [2.24, 2.45) is 5.73 Å². The molecule has 0 aromatic heterocycles. The summed E-state index contributed by atoms with van der Waals surface area (Å²) in [7, 11) is 0. The second kappa shape index (κ2) is 7.24. The SMILES string of the molecule is Cc1cc(C)c(CC(N)CCC2CCCCO2)c(C)c1. The molecule has 1 fully saturated rings. The van der Waals surface area contributed by atoms with Gasteiger partial charge in [0.15, 0.2) is 0 Å². The molecule has 1 aromatic rings. The summed E-state index contributed by atoms with van der Waals surface area (Å²) in [6.07, 6.45) is 7.39. The van der Waals surface area contributed by atoms with Crippen molar-refractivity contribution in [1.82, 2.24) is 0 Å². The smallest absolute Gasteiger partial charge is 0.0575 e. The fourth-order valence-electron chi connectivity index (χ4n) is 3.33. The summed E-state index contributed by atoms with van der Waals surface area (Å²) in [6, 6.07) is 4.78. The van der Waals surface area contributed by atoms with Crippen LogP contribution in [0.25, 0.3) is 0 Å². The largest absolute Gasteiger partial charge is 0.378 e. The number of ether oxygens (including phenoxy) is 1. The lowest BCUT2D eigenvalue weighted by Gasteiger charge is -2.24. The molecule has 2 N–H and O–H groups in total. The topological polar surface area (TPSA) is 35.2 Å². The molecule has 1 saturated heterocycles. The average Bonchev–Trinajstić information content (AvgIpc) is 2.42. The summed E-state index contributed by atoms with van der Waals surface area (Å²) in [5.74, 6) is 0. The molecule has 0 amide bonds. The summed E-state index contributed by atoms with van der Waals surface area (Å²) in [5, 5.41) is 0. The first-order valence-corrected chi connectivity index (χ1v) is 8.00. The van der Waals surface area contributed by atoms with Crippen molar-refractivity contribution in [3.8, 4) is 0 Å². The Morgan fingerprint density at radius 1 is 1.20 bits per heavy atom. The Morgan fingerprint density at radius 2 is 1.90 bits per heavy atom. The van der Waals surface area contributed by atoms with Gasteiger partial charge in [-0.15, -0.1) is 0 Å². The number of hydrogen-bond acceptors (Lipinski definition) is 2. The van der Waals surface area contributed by atoms with Crippen molar-refractivity contribution in [3.63, 3.8) is 0 Å². The normalized spacial score (nSPS) is 20.9. The van der Waals surface area contributed by atoms with Gasteiger partial charge in [-0.25, -0.2) is 0 Å². The highest BCUT2D eigenvalue weighted by atomic mass is 16.5. The minimum atomic E-state index is 0.251. The molecule has 0 saturated carbocycles. The lowest BCUT2D eigenvalue weighted by molar-refractivity contribution is 0.00915. The summed E-state index contributed by atoms with van der Waals surface area (Å²) < 4.78 is 5.79. The van der Waals surface area contributed by atoms with Gasteiger partial charge in [0.25, 0.3) is 0 Å². The second-order valence-corrected chi connectivity index (χ2v) is 6.41. The van der Waals surface area contributed by atoms with Crippen LogP contribution in [0.3, 0.4) is 0 Å². The van der Waals surface area contributed by atoms with Crippen LogP contribution in [0, 0.1) is 20.8 Å². The maximum absolute atomic E-state index is 6.34. The average molecular weight is 275 g/mol. The predicted molar refractivity (Wildman–Crippen MR) is 85.2 cm³/mol. The van der Waals surface area contributed by atoms with E-state index in [1.165, 1.54) is 41.5 Å². The number of aryl methyl sites for hydroxylation is 3. The Balaban J connectivity index is 1.86. The molecule has 0 spiro atoms. The molecule has 2 heteroatoms. The molecule has 20 heavy (non-hydrogen) atoms. The quantitative estimate of drug-likeness (QED) is 0.886. The number of nitrogens with two attached hydrogens (primary N) is 1. The molecule has 1 aromatic carbocycles. The van der Waals surface area contributed by atoms with Crippen molar-refractivity contribution >= 4 is 0 Å². The monoisotopic (exact) mass is 275 g/mol. The van der Waals surface area contributed by atoms with Crippen LogP contribution < -0.4 is 5.73 Å². The van der Waals surface area contributed by atoms with E-state index >= 15 is 0 Å². The van der Waals surface area contributed by atoms with E-state index in [2.05, 4.69) is 32.9 Å². The summed E-state index contributed by atoms with van der Waals surface area (Å²) in [4.78, 5) is 0. The van der Waals surface area contributed by atoms with Gasteiger partial charge in [-0.1, -0.05) is 17.7 Å². The van der Waals surface area contributed by atoms with Crippen molar-refractivity contribution in [2.45, 2.75) is 71.4 Å². The third-order valence-electron chi connectivity index (χ3n) is 4.44. The lowest BCUT2D eigenvalue weighted by atomic mass is 9.92. The van der Waals surface area contributed by atoms with Gasteiger partial charge in [0.1, 0.15) is 0 Å². The van der Waals surface area contributed by atoms with Gasteiger partial charge in [-0.3, -0.25) is 0 Å².